The van der Waals surface area contributed by atoms with E-state index in [0.717, 1.165) is 51.7 Å². The molecule has 1 saturated carbocycles. The molecule has 2 bridgehead atoms. The largest absolute Gasteiger partial charge is 0.508 e. The number of aliphatic hydroxyl groups is 2. The zero-order valence-corrected chi connectivity index (χ0v) is 39.4. The number of carbonyl (C=O) groups excluding carboxylic acids is 1. The number of fused-ring (bicyclic) bond motifs is 6. The molecule has 4 aromatic carbocycles. The highest BCUT2D eigenvalue weighted by molar-refractivity contribution is 5.93. The standard InChI is InChI=1S/C55H66N4O9/c1-32(2)7-6-22-68-50-28-36(27-48(65)54(50)66)35-24-37(31-56-3)52-41-13-12-40(60)25-34(41)11-14-43(52)59-51-29-38(18-21-58-51)55(19-17-44(61)42(55)30-39-8-5-20-57-39)53(47(64)26-35)46(63)16-10-33-9-15-45(62)49(23-33)67-4/h5,8-9,11-15,18,20-21,23,25,27-29,32,35,37,42,44,46,53,56-57,60-63,65-66H,6-7,10,16-17,19,22,24,26,30-31H2,1-4H3,(H,58,59). The minimum Gasteiger partial charge on any atom is -0.508 e. The van der Waals surface area contributed by atoms with Gasteiger partial charge in [-0.15, -0.1) is 0 Å². The maximum Gasteiger partial charge on any atom is 0.200 e. The number of aromatic amines is 1. The Bertz CT molecular complexity index is 2690. The highest BCUT2D eigenvalue weighted by Gasteiger charge is 2.57. The van der Waals surface area contributed by atoms with Crippen LogP contribution in [0, 0.1) is 17.8 Å². The first-order chi connectivity index (χ1) is 32.8. The van der Waals surface area contributed by atoms with Crippen molar-refractivity contribution in [2.24, 2.45) is 17.8 Å². The smallest absolute Gasteiger partial charge is 0.200 e. The van der Waals surface area contributed by atoms with Crippen molar-refractivity contribution < 1.29 is 44.9 Å². The Hall–Kier alpha value is -6.28. The van der Waals surface area contributed by atoms with Gasteiger partial charge in [0, 0.05) is 48.1 Å². The van der Waals surface area contributed by atoms with Crippen LogP contribution in [0.1, 0.15) is 98.6 Å². The number of phenols is 4. The third-order valence-corrected chi connectivity index (χ3v) is 14.6. The molecule has 2 aromatic heterocycles. The molecule has 1 aliphatic carbocycles. The van der Waals surface area contributed by atoms with Crippen molar-refractivity contribution >= 4 is 28.1 Å². The lowest BCUT2D eigenvalue weighted by molar-refractivity contribution is -0.132. The number of carbonyl (C=O) groups is 1. The first-order valence-corrected chi connectivity index (χ1v) is 24.0. The minimum absolute atomic E-state index is 0.00401. The van der Waals surface area contributed by atoms with Crippen molar-refractivity contribution in [1.82, 2.24) is 15.3 Å². The van der Waals surface area contributed by atoms with Gasteiger partial charge in [0.1, 0.15) is 17.4 Å². The summed E-state index contributed by atoms with van der Waals surface area (Å²) in [6, 6.07) is 25.3. The van der Waals surface area contributed by atoms with Gasteiger partial charge in [-0.2, -0.15) is 0 Å². The van der Waals surface area contributed by atoms with E-state index in [1.807, 2.05) is 55.7 Å². The van der Waals surface area contributed by atoms with Gasteiger partial charge in [0.05, 0.1) is 31.8 Å². The number of benzene rings is 4. The van der Waals surface area contributed by atoms with Gasteiger partial charge in [-0.3, -0.25) is 4.79 Å². The molecule has 0 amide bonds. The summed E-state index contributed by atoms with van der Waals surface area (Å²) >= 11 is 0. The molecule has 8 rings (SSSR count). The third-order valence-electron chi connectivity index (χ3n) is 14.6. The van der Waals surface area contributed by atoms with E-state index < -0.39 is 35.4 Å². The SMILES string of the molecule is CNCC1CC(c2cc(O)c(O)c(OCCCC(C)C)c2)CC(=O)C(C(O)CCc2ccc(O)c(OC)c2)C2(CCC(O)C2Cc2ccc[nH]2)c2ccnc(c2)Nc2ccc3cc(O)ccc3c21. The number of methoxy groups -OCH3 is 1. The maximum absolute atomic E-state index is 16.2. The van der Waals surface area contributed by atoms with E-state index in [9.17, 15) is 30.6 Å². The molecule has 13 nitrogen and oxygen atoms in total. The summed E-state index contributed by atoms with van der Waals surface area (Å²) in [6.45, 7) is 5.06. The molecule has 1 aliphatic heterocycles. The predicted octanol–water partition coefficient (Wildman–Crippen LogP) is 9.26. The second-order valence-electron chi connectivity index (χ2n) is 19.4. The molecule has 360 valence electrons. The van der Waals surface area contributed by atoms with Crippen molar-refractivity contribution in [3.63, 3.8) is 0 Å². The summed E-state index contributed by atoms with van der Waals surface area (Å²) in [7, 11) is 3.36. The van der Waals surface area contributed by atoms with Crippen molar-refractivity contribution in [1.29, 1.82) is 0 Å². The number of ketones is 1. The number of rotatable bonds is 15. The number of aliphatic hydroxyl groups excluding tert-OH is 2. The Morgan fingerprint density at radius 1 is 0.941 bits per heavy atom. The van der Waals surface area contributed by atoms with E-state index in [1.165, 1.54) is 13.2 Å². The first kappa shape index (κ1) is 48.2. The van der Waals surface area contributed by atoms with E-state index in [-0.39, 0.29) is 53.3 Å². The van der Waals surface area contributed by atoms with Gasteiger partial charge in [-0.25, -0.2) is 4.98 Å². The zero-order valence-electron chi connectivity index (χ0n) is 39.4. The van der Waals surface area contributed by atoms with E-state index in [1.54, 1.807) is 42.6 Å². The van der Waals surface area contributed by atoms with Crippen LogP contribution in [0.15, 0.2) is 97.3 Å². The molecule has 9 N–H and O–H groups in total. The molecular formula is C55H66N4O9. The summed E-state index contributed by atoms with van der Waals surface area (Å²) < 4.78 is 11.6. The molecular weight excluding hydrogens is 861 g/mol. The monoisotopic (exact) mass is 926 g/mol. The molecule has 1 spiro atoms. The predicted molar refractivity (Wildman–Crippen MR) is 264 cm³/mol. The quantitative estimate of drug-likeness (QED) is 0.0349. The molecule has 3 heterocycles. The van der Waals surface area contributed by atoms with Crippen molar-refractivity contribution in [3.05, 3.63) is 125 Å². The number of hydrogen-bond acceptors (Lipinski definition) is 12. The Morgan fingerprint density at radius 2 is 1.78 bits per heavy atom. The molecule has 0 radical (unpaired) electrons. The number of aromatic hydroxyl groups is 4. The average Bonchev–Trinajstić information content (AvgIpc) is 3.96. The second-order valence-corrected chi connectivity index (χ2v) is 19.4. The number of H-pyrrole nitrogens is 1. The van der Waals surface area contributed by atoms with Crippen molar-refractivity contribution in [2.45, 2.75) is 101 Å². The molecule has 7 atom stereocenters. The topological polar surface area (TPSA) is 210 Å². The third kappa shape index (κ3) is 10.1. The van der Waals surface area contributed by atoms with E-state index >= 15 is 4.79 Å². The lowest BCUT2D eigenvalue weighted by Crippen LogP contribution is -2.51. The molecule has 0 saturated heterocycles. The average molecular weight is 927 g/mol. The van der Waals surface area contributed by atoms with Crippen molar-refractivity contribution in [3.8, 4) is 34.5 Å². The highest BCUT2D eigenvalue weighted by Crippen LogP contribution is 2.56. The van der Waals surface area contributed by atoms with Crippen LogP contribution in [0.5, 0.6) is 34.5 Å². The number of hydrogen-bond donors (Lipinski definition) is 9. The van der Waals surface area contributed by atoms with Gasteiger partial charge in [-0.1, -0.05) is 32.0 Å². The molecule has 68 heavy (non-hydrogen) atoms. The number of ether oxygens (including phenoxy) is 2. The molecule has 7 unspecified atom stereocenters. The van der Waals surface area contributed by atoms with Crippen LogP contribution in [0.25, 0.3) is 10.8 Å². The summed E-state index contributed by atoms with van der Waals surface area (Å²) in [4.78, 5) is 24.3. The lowest BCUT2D eigenvalue weighted by atomic mass is 9.58. The van der Waals surface area contributed by atoms with Gasteiger partial charge in [0.2, 0.25) is 5.75 Å². The van der Waals surface area contributed by atoms with Crippen LogP contribution in [0.3, 0.4) is 0 Å². The van der Waals surface area contributed by atoms with Gasteiger partial charge < -0.3 is 55.7 Å². The number of likely N-dealkylation sites (N-methyl/N-ethyl adjacent to an activating group) is 1. The minimum atomic E-state index is -1.20. The fraction of sp³-hybridized carbons (Fsp3) is 0.418. The fourth-order valence-corrected chi connectivity index (χ4v) is 11.3. The van der Waals surface area contributed by atoms with Crippen LogP contribution in [-0.4, -0.2) is 85.9 Å². The number of pyridine rings is 1. The fourth-order valence-electron chi connectivity index (χ4n) is 11.3. The number of aromatic nitrogens is 2. The zero-order chi connectivity index (χ0) is 48.1. The van der Waals surface area contributed by atoms with E-state index in [4.69, 9.17) is 14.5 Å². The van der Waals surface area contributed by atoms with Gasteiger partial charge in [0.25, 0.3) is 0 Å². The number of nitrogens with one attached hydrogen (secondary N) is 3. The Morgan fingerprint density at radius 3 is 2.54 bits per heavy atom. The molecule has 2 aliphatic rings. The highest BCUT2D eigenvalue weighted by atomic mass is 16.5. The number of nitrogens with zero attached hydrogens (tertiary/aromatic N) is 1. The lowest BCUT2D eigenvalue weighted by Gasteiger charge is -2.45. The number of anilines is 2. The van der Waals surface area contributed by atoms with Crippen LogP contribution >= 0.6 is 0 Å². The maximum atomic E-state index is 16.2. The first-order valence-electron chi connectivity index (χ1n) is 24.0. The van der Waals surface area contributed by atoms with Gasteiger partial charge in [0.15, 0.2) is 23.0 Å². The van der Waals surface area contributed by atoms with Crippen LogP contribution in [0.4, 0.5) is 11.5 Å². The number of aryl methyl sites for hydroxylation is 1. The molecule has 1 fully saturated rings. The van der Waals surface area contributed by atoms with Crippen LogP contribution < -0.4 is 20.1 Å². The Balaban J connectivity index is 1.33. The van der Waals surface area contributed by atoms with Crippen LogP contribution in [0.2, 0.25) is 0 Å². The van der Waals surface area contributed by atoms with E-state index in [0.29, 0.717) is 68.3 Å². The summed E-state index contributed by atoms with van der Waals surface area (Å²) in [5.41, 5.74) is 3.67. The summed E-state index contributed by atoms with van der Waals surface area (Å²) in [6.07, 6.45) is 5.25. The number of Topliss-reactive ketones (excluding diaryl/α,β-unsaturated/α-hetero) is 1. The molecule has 13 heteroatoms. The van der Waals surface area contributed by atoms with E-state index in [2.05, 4.69) is 29.5 Å². The Labute approximate surface area is 398 Å². The van der Waals surface area contributed by atoms with Gasteiger partial charge in [-0.05, 0) is 176 Å². The number of phenolic OH excluding ortho intramolecular Hbond substituents is 4. The second kappa shape index (κ2) is 20.9. The van der Waals surface area contributed by atoms with Gasteiger partial charge >= 0.3 is 0 Å². The normalized spacial score (nSPS) is 22.3. The van der Waals surface area contributed by atoms with Crippen molar-refractivity contribution in [2.75, 3.05) is 32.6 Å². The van der Waals surface area contributed by atoms with Crippen LogP contribution in [-0.2, 0) is 23.1 Å². The summed E-state index contributed by atoms with van der Waals surface area (Å²) in [5.74, 6) is -1.83. The molecule has 6 aromatic rings. The summed E-state index contributed by atoms with van der Waals surface area (Å²) in [5, 5.41) is 77.5. The Kier molecular flexibility index (Phi) is 14.8.